The number of hydrogen-bond donors (Lipinski definition) is 0. The molecule has 1 saturated carbocycles. The zero-order chi connectivity index (χ0) is 33.0. The van der Waals surface area contributed by atoms with E-state index in [4.69, 9.17) is 32.7 Å². The molecule has 3 aliphatic carbocycles. The highest BCUT2D eigenvalue weighted by Crippen LogP contribution is 2.56. The second kappa shape index (κ2) is 13.1. The van der Waals surface area contributed by atoms with Gasteiger partial charge in [-0.15, -0.1) is 0 Å². The monoisotopic (exact) mass is 775 g/mol. The summed E-state index contributed by atoms with van der Waals surface area (Å²) in [7, 11) is 0. The molecule has 0 amide bonds. The van der Waals surface area contributed by atoms with Gasteiger partial charge in [-0.1, -0.05) is 76.2 Å². The number of hydrogen-bond acceptors (Lipinski definition) is 5. The zero-order valence-corrected chi connectivity index (χ0v) is 31.2. The largest absolute Gasteiger partial charge is 0.490 e. The first-order valence-electron chi connectivity index (χ1n) is 16.6. The molecule has 8 heteroatoms. The van der Waals surface area contributed by atoms with Gasteiger partial charge in [0.05, 0.1) is 10.2 Å². The molecule has 46 heavy (non-hydrogen) atoms. The van der Waals surface area contributed by atoms with Crippen LogP contribution in [0.2, 0.25) is 10.0 Å². The van der Waals surface area contributed by atoms with Gasteiger partial charge >= 0.3 is 0 Å². The van der Waals surface area contributed by atoms with Gasteiger partial charge in [-0.2, -0.15) is 0 Å². The minimum absolute atomic E-state index is 0.148. The van der Waals surface area contributed by atoms with Gasteiger partial charge < -0.3 is 14.4 Å². The summed E-state index contributed by atoms with van der Waals surface area (Å²) in [6.07, 6.45) is 8.40. The van der Waals surface area contributed by atoms with Crippen LogP contribution in [0.1, 0.15) is 109 Å². The summed E-state index contributed by atoms with van der Waals surface area (Å²) in [6.45, 7) is 11.5. The molecule has 0 spiro atoms. The molecule has 246 valence electrons. The number of rotatable bonds is 7. The molecule has 2 aromatic rings. The molecular formula is C38H44Cl2INO4. The third kappa shape index (κ3) is 6.64. The molecule has 0 saturated heterocycles. The maximum atomic E-state index is 14.3. The van der Waals surface area contributed by atoms with Crippen LogP contribution >= 0.6 is 45.8 Å². The first-order valence-corrected chi connectivity index (χ1v) is 18.5. The minimum Gasteiger partial charge on any atom is -0.490 e. The number of ketones is 2. The van der Waals surface area contributed by atoms with E-state index in [1.54, 1.807) is 12.1 Å². The molecular weight excluding hydrogens is 732 g/mol. The molecule has 5 nitrogen and oxygen atoms in total. The lowest BCUT2D eigenvalue weighted by Gasteiger charge is -2.52. The van der Waals surface area contributed by atoms with Gasteiger partial charge in [0.2, 0.25) is 0 Å². The number of Topliss-reactive ketones (excluding diaryl/α,β-unsaturated/α-hetero) is 2. The third-order valence-electron chi connectivity index (χ3n) is 9.94. The smallest absolute Gasteiger partial charge is 0.174 e. The summed E-state index contributed by atoms with van der Waals surface area (Å²) in [5.74, 6) is 1.11. The molecule has 1 aliphatic heterocycles. The fourth-order valence-corrected chi connectivity index (χ4v) is 9.30. The number of carbonyl (C=O) groups excluding carboxylic acids is 2. The van der Waals surface area contributed by atoms with Crippen molar-refractivity contribution >= 4 is 57.4 Å². The standard InChI is InChI=1S/C38H44Cl2INO4/c1-6-45-32-15-23(14-27(41)36(32)46-21-22-12-13-24(39)16-26(22)40)33-34-28(17-37(2,3)19-30(34)43)42(25-10-8-7-9-11-25)29-18-38(4,5)20-31(44)35(29)33/h12-16,25,33H,6-11,17-21H2,1-5H3. The van der Waals surface area contributed by atoms with Gasteiger partial charge in [-0.3, -0.25) is 9.59 Å². The first kappa shape index (κ1) is 33.9. The second-order valence-corrected chi connectivity index (χ2v) is 17.0. The van der Waals surface area contributed by atoms with Crippen molar-refractivity contribution in [1.82, 2.24) is 4.90 Å². The highest BCUT2D eigenvalue weighted by atomic mass is 127. The Hall–Kier alpha value is -2.03. The molecule has 1 heterocycles. The van der Waals surface area contributed by atoms with Crippen LogP contribution in [0.15, 0.2) is 52.9 Å². The van der Waals surface area contributed by atoms with E-state index in [1.807, 2.05) is 19.1 Å². The number of nitrogens with zero attached hydrogens (tertiary/aromatic N) is 1. The van der Waals surface area contributed by atoms with Crippen molar-refractivity contribution in [2.45, 2.75) is 111 Å². The maximum absolute atomic E-state index is 14.3. The van der Waals surface area contributed by atoms with Gasteiger partial charge in [0, 0.05) is 63.0 Å². The fraction of sp³-hybridized carbons (Fsp3) is 0.526. The number of ether oxygens (including phenoxy) is 2. The van der Waals surface area contributed by atoms with Crippen LogP contribution in [-0.2, 0) is 16.2 Å². The number of benzene rings is 2. The molecule has 0 atom stereocenters. The normalized spacial score (nSPS) is 21.8. The van der Waals surface area contributed by atoms with Crippen molar-refractivity contribution in [2.24, 2.45) is 10.8 Å². The van der Waals surface area contributed by atoms with Crippen molar-refractivity contribution < 1.29 is 19.1 Å². The Kier molecular flexibility index (Phi) is 9.65. The van der Waals surface area contributed by atoms with Crippen molar-refractivity contribution in [1.29, 1.82) is 0 Å². The van der Waals surface area contributed by atoms with Crippen LogP contribution in [0, 0.1) is 14.4 Å². The Labute approximate surface area is 297 Å². The molecule has 1 fully saturated rings. The fourth-order valence-electron chi connectivity index (χ4n) is 8.06. The van der Waals surface area contributed by atoms with Gasteiger partial charge in [0.1, 0.15) is 6.61 Å². The Morgan fingerprint density at radius 2 is 1.46 bits per heavy atom. The van der Waals surface area contributed by atoms with Gasteiger partial charge in [-0.05, 0) is 95.9 Å². The van der Waals surface area contributed by atoms with Crippen LogP contribution in [0.4, 0.5) is 0 Å². The summed E-state index contributed by atoms with van der Waals surface area (Å²) in [5, 5.41) is 1.11. The van der Waals surface area contributed by atoms with E-state index in [1.165, 1.54) is 19.3 Å². The lowest BCUT2D eigenvalue weighted by Crippen LogP contribution is -2.48. The van der Waals surface area contributed by atoms with E-state index in [2.05, 4.69) is 61.3 Å². The zero-order valence-electron chi connectivity index (χ0n) is 27.5. The predicted molar refractivity (Wildman–Crippen MR) is 193 cm³/mol. The van der Waals surface area contributed by atoms with Crippen molar-refractivity contribution in [2.75, 3.05) is 6.61 Å². The van der Waals surface area contributed by atoms with E-state index in [0.717, 1.165) is 62.9 Å². The molecule has 0 N–H and O–H groups in total. The Morgan fingerprint density at radius 1 is 0.848 bits per heavy atom. The lowest BCUT2D eigenvalue weighted by atomic mass is 9.63. The van der Waals surface area contributed by atoms with Crippen LogP contribution < -0.4 is 9.47 Å². The van der Waals surface area contributed by atoms with E-state index < -0.39 is 5.92 Å². The molecule has 6 rings (SSSR count). The van der Waals surface area contributed by atoms with Crippen LogP contribution in [0.5, 0.6) is 11.5 Å². The van der Waals surface area contributed by atoms with Crippen molar-refractivity contribution in [3.05, 3.63) is 77.6 Å². The maximum Gasteiger partial charge on any atom is 0.174 e. The molecule has 0 unspecified atom stereocenters. The first-order chi connectivity index (χ1) is 21.8. The average molecular weight is 777 g/mol. The van der Waals surface area contributed by atoms with Crippen LogP contribution in [0.25, 0.3) is 0 Å². The summed E-state index contributed by atoms with van der Waals surface area (Å²) in [4.78, 5) is 31.2. The Bertz CT molecular complexity index is 1580. The molecule has 0 radical (unpaired) electrons. The van der Waals surface area contributed by atoms with Crippen molar-refractivity contribution in [3.63, 3.8) is 0 Å². The van der Waals surface area contributed by atoms with Crippen LogP contribution in [-0.4, -0.2) is 29.1 Å². The minimum atomic E-state index is -0.426. The van der Waals surface area contributed by atoms with Crippen molar-refractivity contribution in [3.8, 4) is 11.5 Å². The number of carbonyl (C=O) groups is 2. The Balaban J connectivity index is 1.50. The van der Waals surface area contributed by atoms with E-state index >= 15 is 0 Å². The number of halogens is 3. The van der Waals surface area contributed by atoms with Gasteiger partial charge in [0.15, 0.2) is 23.1 Å². The third-order valence-corrected chi connectivity index (χ3v) is 11.3. The SMILES string of the molecule is CCOc1cc(C2C3=C(CC(C)(C)CC3=O)N(C3CCCCC3)C3=C2C(=O)CC(C)(C)C3)cc(I)c1OCc1ccc(Cl)cc1Cl. The Morgan fingerprint density at radius 3 is 2.02 bits per heavy atom. The topological polar surface area (TPSA) is 55.8 Å². The second-order valence-electron chi connectivity index (χ2n) is 15.0. The molecule has 4 aliphatic rings. The van der Waals surface area contributed by atoms with Gasteiger partial charge in [-0.25, -0.2) is 0 Å². The predicted octanol–water partition coefficient (Wildman–Crippen LogP) is 10.6. The highest BCUT2D eigenvalue weighted by Gasteiger charge is 2.50. The van der Waals surface area contributed by atoms with E-state index in [9.17, 15) is 9.59 Å². The molecule has 2 aromatic carbocycles. The number of allylic oxidation sites excluding steroid dienone is 4. The van der Waals surface area contributed by atoms with E-state index in [0.29, 0.717) is 47.0 Å². The average Bonchev–Trinajstić information content (AvgIpc) is 2.96. The van der Waals surface area contributed by atoms with Crippen LogP contribution in [0.3, 0.4) is 0 Å². The molecule has 0 bridgehead atoms. The summed E-state index contributed by atoms with van der Waals surface area (Å²) < 4.78 is 13.4. The van der Waals surface area contributed by atoms with Gasteiger partial charge in [0.25, 0.3) is 0 Å². The summed E-state index contributed by atoms with van der Waals surface area (Å²) in [5.41, 5.74) is 5.36. The quantitative estimate of drug-likeness (QED) is 0.262. The van der Waals surface area contributed by atoms with E-state index in [-0.39, 0.29) is 29.0 Å². The summed E-state index contributed by atoms with van der Waals surface area (Å²) >= 11 is 14.9. The molecule has 0 aromatic heterocycles. The lowest BCUT2D eigenvalue weighted by molar-refractivity contribution is -0.119. The highest BCUT2D eigenvalue weighted by molar-refractivity contribution is 14.1. The summed E-state index contributed by atoms with van der Waals surface area (Å²) in [6, 6.07) is 9.77.